The highest BCUT2D eigenvalue weighted by atomic mass is 32.1. The van der Waals surface area contributed by atoms with Gasteiger partial charge in [0.2, 0.25) is 5.91 Å². The van der Waals surface area contributed by atoms with Crippen LogP contribution >= 0.6 is 11.3 Å². The van der Waals surface area contributed by atoms with E-state index in [-0.39, 0.29) is 18.2 Å². The van der Waals surface area contributed by atoms with Crippen molar-refractivity contribution in [2.45, 2.75) is 13.3 Å². The number of methoxy groups -OCH3 is 2. The average Bonchev–Trinajstić information content (AvgIpc) is 3.14. The molecule has 3 aromatic rings. The Labute approximate surface area is 172 Å². The lowest BCUT2D eigenvalue weighted by atomic mass is 10.2. The summed E-state index contributed by atoms with van der Waals surface area (Å²) in [5.74, 6) is 0.777. The first kappa shape index (κ1) is 20.3. The van der Waals surface area contributed by atoms with Crippen molar-refractivity contribution in [2.75, 3.05) is 24.9 Å². The van der Waals surface area contributed by atoms with E-state index in [0.717, 1.165) is 5.56 Å². The Kier molecular flexibility index (Phi) is 6.46. The molecule has 2 amide bonds. The Bertz CT molecular complexity index is 1020. The third-order valence-corrected chi connectivity index (χ3v) is 4.90. The number of amides is 2. The summed E-state index contributed by atoms with van der Waals surface area (Å²) in [6.07, 6.45) is 0.0893. The van der Waals surface area contributed by atoms with Crippen LogP contribution in [0.2, 0.25) is 0 Å². The molecule has 0 radical (unpaired) electrons. The van der Waals surface area contributed by atoms with Crippen molar-refractivity contribution in [3.8, 4) is 11.5 Å². The lowest BCUT2D eigenvalue weighted by Crippen LogP contribution is -2.16. The van der Waals surface area contributed by atoms with Crippen molar-refractivity contribution < 1.29 is 19.1 Å². The van der Waals surface area contributed by atoms with Crippen LogP contribution in [-0.2, 0) is 11.2 Å². The van der Waals surface area contributed by atoms with Crippen LogP contribution in [0.25, 0.3) is 0 Å². The number of hydrogen-bond acceptors (Lipinski definition) is 6. The maximum Gasteiger partial charge on any atom is 0.257 e. The van der Waals surface area contributed by atoms with Gasteiger partial charge in [0.15, 0.2) is 5.13 Å². The van der Waals surface area contributed by atoms with Crippen molar-refractivity contribution in [3.63, 3.8) is 0 Å². The van der Waals surface area contributed by atoms with Crippen molar-refractivity contribution in [2.24, 2.45) is 0 Å². The molecule has 29 heavy (non-hydrogen) atoms. The number of nitrogens with zero attached hydrogens (tertiary/aromatic N) is 1. The SMILES string of the molecule is COc1ccc(C(=O)Nc2nc(CC(=O)Nc3cc(C)ccc3OC)cs2)cc1. The van der Waals surface area contributed by atoms with Gasteiger partial charge in [0.1, 0.15) is 11.5 Å². The standard InChI is InChI=1S/C21H21N3O4S/c1-13-4-9-18(28-3)17(10-13)23-19(25)11-15-12-29-21(22-15)24-20(26)14-5-7-16(27-2)8-6-14/h4-10,12H,11H2,1-3H3,(H,23,25)(H,22,24,26). The molecule has 0 spiro atoms. The number of carbonyl (C=O) groups is 2. The lowest BCUT2D eigenvalue weighted by Gasteiger charge is -2.10. The zero-order valence-electron chi connectivity index (χ0n) is 16.3. The average molecular weight is 411 g/mol. The normalized spacial score (nSPS) is 10.3. The smallest absolute Gasteiger partial charge is 0.257 e. The molecule has 0 aliphatic carbocycles. The third-order valence-electron chi connectivity index (χ3n) is 4.10. The molecule has 0 aliphatic heterocycles. The summed E-state index contributed by atoms with van der Waals surface area (Å²) in [5.41, 5.74) is 2.69. The predicted molar refractivity (Wildman–Crippen MR) is 113 cm³/mol. The number of rotatable bonds is 7. The Balaban J connectivity index is 1.60. The van der Waals surface area contributed by atoms with E-state index in [0.29, 0.717) is 33.6 Å². The Morgan fingerprint density at radius 1 is 1.03 bits per heavy atom. The van der Waals surface area contributed by atoms with E-state index < -0.39 is 0 Å². The first-order valence-electron chi connectivity index (χ1n) is 8.83. The summed E-state index contributed by atoms with van der Waals surface area (Å²) in [4.78, 5) is 29.0. The minimum Gasteiger partial charge on any atom is -0.497 e. The number of ether oxygens (including phenoxy) is 2. The van der Waals surface area contributed by atoms with Crippen LogP contribution in [0.5, 0.6) is 11.5 Å². The highest BCUT2D eigenvalue weighted by molar-refractivity contribution is 7.14. The van der Waals surface area contributed by atoms with Crippen LogP contribution < -0.4 is 20.1 Å². The lowest BCUT2D eigenvalue weighted by molar-refractivity contribution is -0.115. The topological polar surface area (TPSA) is 89.5 Å². The number of thiazole rings is 1. The minimum atomic E-state index is -0.275. The quantitative estimate of drug-likeness (QED) is 0.615. The molecule has 3 rings (SSSR count). The Morgan fingerprint density at radius 2 is 1.79 bits per heavy atom. The second kappa shape index (κ2) is 9.20. The van der Waals surface area contributed by atoms with E-state index in [1.165, 1.54) is 11.3 Å². The summed E-state index contributed by atoms with van der Waals surface area (Å²) in [6, 6.07) is 12.3. The van der Waals surface area contributed by atoms with Crippen molar-refractivity contribution >= 4 is 34.0 Å². The van der Waals surface area contributed by atoms with Crippen LogP contribution in [0.3, 0.4) is 0 Å². The van der Waals surface area contributed by atoms with Crippen molar-refractivity contribution in [1.82, 2.24) is 4.98 Å². The van der Waals surface area contributed by atoms with Gasteiger partial charge in [0.05, 0.1) is 32.0 Å². The van der Waals surface area contributed by atoms with Crippen LogP contribution in [0.1, 0.15) is 21.6 Å². The van der Waals surface area contributed by atoms with E-state index in [1.807, 2.05) is 19.1 Å². The van der Waals surface area contributed by atoms with Gasteiger partial charge in [-0.15, -0.1) is 11.3 Å². The summed E-state index contributed by atoms with van der Waals surface area (Å²) in [7, 11) is 3.12. The molecule has 2 aromatic carbocycles. The van der Waals surface area contributed by atoms with Crippen LogP contribution in [0.15, 0.2) is 47.8 Å². The molecular formula is C21H21N3O4S. The van der Waals surface area contributed by atoms with Gasteiger partial charge in [-0.05, 0) is 48.9 Å². The summed E-state index contributed by atoms with van der Waals surface area (Å²) >= 11 is 1.27. The fourth-order valence-electron chi connectivity index (χ4n) is 2.64. The highest BCUT2D eigenvalue weighted by Gasteiger charge is 2.13. The molecular weight excluding hydrogens is 390 g/mol. The second-order valence-corrected chi connectivity index (χ2v) is 7.11. The molecule has 2 N–H and O–H groups in total. The predicted octanol–water partition coefficient (Wildman–Crippen LogP) is 3.90. The maximum atomic E-state index is 12.4. The van der Waals surface area contributed by atoms with E-state index in [2.05, 4.69) is 15.6 Å². The summed E-state index contributed by atoms with van der Waals surface area (Å²) in [6.45, 7) is 1.94. The molecule has 0 aliphatic rings. The zero-order chi connectivity index (χ0) is 20.8. The van der Waals surface area contributed by atoms with Crippen LogP contribution in [0, 0.1) is 6.92 Å². The highest BCUT2D eigenvalue weighted by Crippen LogP contribution is 2.25. The van der Waals surface area contributed by atoms with E-state index >= 15 is 0 Å². The maximum absolute atomic E-state index is 12.4. The first-order valence-corrected chi connectivity index (χ1v) is 9.70. The molecule has 0 atom stereocenters. The minimum absolute atomic E-state index is 0.0893. The van der Waals surface area contributed by atoms with Gasteiger partial charge in [0.25, 0.3) is 5.91 Å². The Morgan fingerprint density at radius 3 is 2.48 bits per heavy atom. The van der Waals surface area contributed by atoms with Gasteiger partial charge in [-0.1, -0.05) is 6.07 Å². The van der Waals surface area contributed by atoms with E-state index in [9.17, 15) is 9.59 Å². The van der Waals surface area contributed by atoms with Gasteiger partial charge >= 0.3 is 0 Å². The molecule has 0 unspecified atom stereocenters. The molecule has 8 heteroatoms. The number of aryl methyl sites for hydroxylation is 1. The molecule has 0 saturated heterocycles. The van der Waals surface area contributed by atoms with Crippen LogP contribution in [-0.4, -0.2) is 31.0 Å². The number of benzene rings is 2. The molecule has 0 fully saturated rings. The number of nitrogens with one attached hydrogen (secondary N) is 2. The van der Waals surface area contributed by atoms with Gasteiger partial charge in [-0.2, -0.15) is 0 Å². The number of anilines is 2. The molecule has 1 aromatic heterocycles. The Hall–Kier alpha value is -3.39. The van der Waals surface area contributed by atoms with E-state index in [1.54, 1.807) is 49.9 Å². The second-order valence-electron chi connectivity index (χ2n) is 6.26. The largest absolute Gasteiger partial charge is 0.497 e. The fourth-order valence-corrected chi connectivity index (χ4v) is 3.34. The molecule has 150 valence electrons. The molecule has 0 saturated carbocycles. The third kappa shape index (κ3) is 5.32. The first-order chi connectivity index (χ1) is 14.0. The van der Waals surface area contributed by atoms with Gasteiger partial charge in [0, 0.05) is 10.9 Å². The van der Waals surface area contributed by atoms with Crippen LogP contribution in [0.4, 0.5) is 10.8 Å². The van der Waals surface area contributed by atoms with Gasteiger partial charge in [-0.25, -0.2) is 4.98 Å². The molecule has 1 heterocycles. The van der Waals surface area contributed by atoms with Crippen molar-refractivity contribution in [3.05, 3.63) is 64.7 Å². The monoisotopic (exact) mass is 411 g/mol. The van der Waals surface area contributed by atoms with Gasteiger partial charge < -0.3 is 14.8 Å². The van der Waals surface area contributed by atoms with Gasteiger partial charge in [-0.3, -0.25) is 14.9 Å². The van der Waals surface area contributed by atoms with E-state index in [4.69, 9.17) is 9.47 Å². The number of carbonyl (C=O) groups excluding carboxylic acids is 2. The fraction of sp³-hybridized carbons (Fsp3) is 0.190. The molecule has 0 bridgehead atoms. The van der Waals surface area contributed by atoms with Crippen molar-refractivity contribution in [1.29, 1.82) is 0 Å². The molecule has 7 nitrogen and oxygen atoms in total. The zero-order valence-corrected chi connectivity index (χ0v) is 17.1. The number of aromatic nitrogens is 1. The summed E-state index contributed by atoms with van der Waals surface area (Å²) in [5, 5.41) is 7.76. The summed E-state index contributed by atoms with van der Waals surface area (Å²) < 4.78 is 10.4. The number of hydrogen-bond donors (Lipinski definition) is 2.